The minimum absolute atomic E-state index is 0.0211. The minimum Gasteiger partial charge on any atom is -0.372 e. The van der Waals surface area contributed by atoms with Gasteiger partial charge in [-0.25, -0.2) is 0 Å². The molecule has 1 saturated heterocycles. The van der Waals surface area contributed by atoms with Gasteiger partial charge in [-0.15, -0.1) is 0 Å². The lowest BCUT2D eigenvalue weighted by atomic mass is 10.0. The number of hydrogen-bond acceptors (Lipinski definition) is 2. The molecule has 0 aliphatic carbocycles. The van der Waals surface area contributed by atoms with Gasteiger partial charge in [0.1, 0.15) is 0 Å². The van der Waals surface area contributed by atoms with Crippen LogP contribution in [0.2, 0.25) is 0 Å². The van der Waals surface area contributed by atoms with Gasteiger partial charge in [0.15, 0.2) is 0 Å². The van der Waals surface area contributed by atoms with Gasteiger partial charge in [-0.3, -0.25) is 4.79 Å². The Kier molecular flexibility index (Phi) is 6.32. The van der Waals surface area contributed by atoms with Crippen LogP contribution in [0.3, 0.4) is 0 Å². The molecule has 2 aromatic rings. The van der Waals surface area contributed by atoms with Gasteiger partial charge < -0.3 is 10.2 Å². The molecule has 2 aromatic carbocycles. The molecule has 0 bridgehead atoms. The first-order chi connectivity index (χ1) is 12.7. The molecule has 3 nitrogen and oxygen atoms in total. The normalized spacial score (nSPS) is 15.5. The van der Waals surface area contributed by atoms with Gasteiger partial charge in [0, 0.05) is 18.8 Å². The van der Waals surface area contributed by atoms with Crippen LogP contribution in [0, 0.1) is 0 Å². The third-order valence-electron chi connectivity index (χ3n) is 5.29. The van der Waals surface area contributed by atoms with Gasteiger partial charge in [0.2, 0.25) is 5.91 Å². The van der Waals surface area contributed by atoms with Crippen LogP contribution < -0.4 is 10.2 Å². The molecule has 0 spiro atoms. The highest BCUT2D eigenvalue weighted by atomic mass is 16.1. The highest BCUT2D eigenvalue weighted by molar-refractivity contribution is 5.79. The number of nitrogens with one attached hydrogen (secondary N) is 1. The number of rotatable bonds is 6. The van der Waals surface area contributed by atoms with Crippen molar-refractivity contribution in [2.24, 2.45) is 0 Å². The van der Waals surface area contributed by atoms with E-state index >= 15 is 0 Å². The van der Waals surface area contributed by atoms with Crippen LogP contribution in [-0.2, 0) is 17.6 Å². The van der Waals surface area contributed by atoms with E-state index in [9.17, 15) is 4.79 Å². The number of nitrogens with zero attached hydrogens (tertiary/aromatic N) is 1. The molecule has 138 valence electrons. The zero-order valence-electron chi connectivity index (χ0n) is 16.0. The number of hydrogen-bond donors (Lipinski definition) is 1. The summed E-state index contributed by atoms with van der Waals surface area (Å²) in [5, 5.41) is 3.12. The summed E-state index contributed by atoms with van der Waals surface area (Å²) in [5.41, 5.74) is 4.81. The van der Waals surface area contributed by atoms with Crippen LogP contribution in [0.5, 0.6) is 0 Å². The summed E-state index contributed by atoms with van der Waals surface area (Å²) in [5.74, 6) is 0.0712. The van der Waals surface area contributed by atoms with E-state index in [1.54, 1.807) is 0 Å². The third kappa shape index (κ3) is 4.87. The molecular weight excluding hydrogens is 320 g/mol. The first kappa shape index (κ1) is 18.5. The van der Waals surface area contributed by atoms with Crippen LogP contribution in [0.1, 0.15) is 55.8 Å². The predicted molar refractivity (Wildman–Crippen MR) is 109 cm³/mol. The molecule has 3 rings (SSSR count). The number of anilines is 1. The Morgan fingerprint density at radius 1 is 0.962 bits per heavy atom. The zero-order valence-corrected chi connectivity index (χ0v) is 16.0. The van der Waals surface area contributed by atoms with Gasteiger partial charge >= 0.3 is 0 Å². The van der Waals surface area contributed by atoms with E-state index in [0.29, 0.717) is 6.42 Å². The Labute approximate surface area is 157 Å². The number of benzene rings is 2. The maximum atomic E-state index is 12.3. The smallest absolute Gasteiger partial charge is 0.224 e. The van der Waals surface area contributed by atoms with Crippen LogP contribution in [0.15, 0.2) is 48.5 Å². The number of amides is 1. The molecule has 0 aromatic heterocycles. The monoisotopic (exact) mass is 350 g/mol. The van der Waals surface area contributed by atoms with Gasteiger partial charge in [-0.2, -0.15) is 0 Å². The van der Waals surface area contributed by atoms with Crippen molar-refractivity contribution in [3.8, 4) is 0 Å². The van der Waals surface area contributed by atoms with Crippen molar-refractivity contribution in [1.82, 2.24) is 5.32 Å². The molecule has 1 atom stereocenters. The second kappa shape index (κ2) is 8.88. The molecule has 1 heterocycles. The molecule has 1 aliphatic heterocycles. The fourth-order valence-corrected chi connectivity index (χ4v) is 3.58. The molecular formula is C23H30N2O. The molecule has 1 fully saturated rings. The first-order valence-corrected chi connectivity index (χ1v) is 9.88. The molecule has 26 heavy (non-hydrogen) atoms. The van der Waals surface area contributed by atoms with Gasteiger partial charge in [0.05, 0.1) is 12.5 Å². The Balaban J connectivity index is 1.54. The molecule has 0 radical (unpaired) electrons. The van der Waals surface area contributed by atoms with Crippen LogP contribution >= 0.6 is 0 Å². The maximum absolute atomic E-state index is 12.3. The highest BCUT2D eigenvalue weighted by Crippen LogP contribution is 2.22. The summed E-state index contributed by atoms with van der Waals surface area (Å²) in [7, 11) is 0. The molecule has 1 unspecified atom stereocenters. The standard InChI is InChI=1S/C23H30N2O/c1-3-19-7-9-20(10-8-19)17-23(26)24-18(2)21-11-13-22(14-12-21)25-15-5-4-6-16-25/h7-14,18H,3-6,15-17H2,1-2H3,(H,24,26). The molecule has 0 saturated carbocycles. The van der Waals surface area contributed by atoms with Crippen molar-refractivity contribution < 1.29 is 4.79 Å². The summed E-state index contributed by atoms with van der Waals surface area (Å²) in [6.45, 7) is 6.50. The Bertz CT molecular complexity index is 700. The lowest BCUT2D eigenvalue weighted by molar-refractivity contribution is -0.121. The Hall–Kier alpha value is -2.29. The van der Waals surface area contributed by atoms with E-state index in [0.717, 1.165) is 30.6 Å². The second-order valence-electron chi connectivity index (χ2n) is 7.28. The highest BCUT2D eigenvalue weighted by Gasteiger charge is 2.13. The average Bonchev–Trinajstić information content (AvgIpc) is 2.69. The molecule has 1 N–H and O–H groups in total. The van der Waals surface area contributed by atoms with Crippen LogP contribution in [0.4, 0.5) is 5.69 Å². The van der Waals surface area contributed by atoms with E-state index in [2.05, 4.69) is 65.7 Å². The average molecular weight is 351 g/mol. The van der Waals surface area contributed by atoms with Crippen molar-refractivity contribution in [2.45, 2.75) is 52.0 Å². The minimum atomic E-state index is 0.0211. The summed E-state index contributed by atoms with van der Waals surface area (Å²) in [6.07, 6.45) is 5.37. The van der Waals surface area contributed by atoms with Gasteiger partial charge in [-0.05, 0) is 61.4 Å². The molecule has 1 aliphatic rings. The number of carbonyl (C=O) groups excluding carboxylic acids is 1. The quantitative estimate of drug-likeness (QED) is 0.822. The van der Waals surface area contributed by atoms with Crippen LogP contribution in [0.25, 0.3) is 0 Å². The van der Waals surface area contributed by atoms with E-state index in [1.807, 2.05) is 6.92 Å². The lowest BCUT2D eigenvalue weighted by Crippen LogP contribution is -2.30. The number of aryl methyl sites for hydroxylation is 1. The fraction of sp³-hybridized carbons (Fsp3) is 0.435. The number of piperidine rings is 1. The van der Waals surface area contributed by atoms with Gasteiger partial charge in [-0.1, -0.05) is 43.3 Å². The van der Waals surface area contributed by atoms with Crippen molar-refractivity contribution in [3.05, 3.63) is 65.2 Å². The number of carbonyl (C=O) groups is 1. The first-order valence-electron chi connectivity index (χ1n) is 9.88. The van der Waals surface area contributed by atoms with Gasteiger partial charge in [0.25, 0.3) is 0 Å². The van der Waals surface area contributed by atoms with E-state index in [-0.39, 0.29) is 11.9 Å². The van der Waals surface area contributed by atoms with Crippen molar-refractivity contribution >= 4 is 11.6 Å². The van der Waals surface area contributed by atoms with E-state index in [1.165, 1.54) is 30.5 Å². The summed E-state index contributed by atoms with van der Waals surface area (Å²) in [6, 6.07) is 17.0. The van der Waals surface area contributed by atoms with Crippen molar-refractivity contribution in [1.29, 1.82) is 0 Å². The SMILES string of the molecule is CCc1ccc(CC(=O)NC(C)c2ccc(N3CCCCC3)cc2)cc1. The van der Waals surface area contributed by atoms with Crippen molar-refractivity contribution in [2.75, 3.05) is 18.0 Å². The summed E-state index contributed by atoms with van der Waals surface area (Å²) in [4.78, 5) is 14.8. The lowest BCUT2D eigenvalue weighted by Gasteiger charge is -2.29. The topological polar surface area (TPSA) is 32.3 Å². The zero-order chi connectivity index (χ0) is 18.4. The Morgan fingerprint density at radius 2 is 1.58 bits per heavy atom. The predicted octanol–water partition coefficient (Wildman–Crippen LogP) is 4.66. The van der Waals surface area contributed by atoms with E-state index < -0.39 is 0 Å². The third-order valence-corrected chi connectivity index (χ3v) is 5.29. The largest absolute Gasteiger partial charge is 0.372 e. The maximum Gasteiger partial charge on any atom is 0.224 e. The molecule has 3 heteroatoms. The van der Waals surface area contributed by atoms with E-state index in [4.69, 9.17) is 0 Å². The fourth-order valence-electron chi connectivity index (χ4n) is 3.58. The second-order valence-corrected chi connectivity index (χ2v) is 7.28. The van der Waals surface area contributed by atoms with Crippen LogP contribution in [-0.4, -0.2) is 19.0 Å². The summed E-state index contributed by atoms with van der Waals surface area (Å²) >= 11 is 0. The van der Waals surface area contributed by atoms with Crippen molar-refractivity contribution in [3.63, 3.8) is 0 Å². The molecule has 1 amide bonds. The summed E-state index contributed by atoms with van der Waals surface area (Å²) < 4.78 is 0. The Morgan fingerprint density at radius 3 is 2.19 bits per heavy atom.